The molecule has 0 saturated carbocycles. The molecule has 1 amide bonds. The summed E-state index contributed by atoms with van der Waals surface area (Å²) in [5.74, 6) is 0.133. The Hall–Kier alpha value is -0.870. The highest BCUT2D eigenvalue weighted by Gasteiger charge is 2.14. The molecule has 2 N–H and O–H groups in total. The summed E-state index contributed by atoms with van der Waals surface area (Å²) in [6.07, 6.45) is 0.857. The fourth-order valence-corrected chi connectivity index (χ4v) is 2.43. The summed E-state index contributed by atoms with van der Waals surface area (Å²) in [5, 5.41) is 0. The highest BCUT2D eigenvalue weighted by Crippen LogP contribution is 2.18. The van der Waals surface area contributed by atoms with Crippen molar-refractivity contribution in [3.63, 3.8) is 0 Å². The lowest BCUT2D eigenvalue weighted by Gasteiger charge is -2.17. The molecule has 0 aliphatic rings. The first kappa shape index (κ1) is 12.2. The second-order valence-electron chi connectivity index (χ2n) is 3.28. The second kappa shape index (κ2) is 5.88. The van der Waals surface area contributed by atoms with Gasteiger partial charge in [0.15, 0.2) is 0 Å². The van der Waals surface area contributed by atoms with Gasteiger partial charge in [-0.15, -0.1) is 11.3 Å². The molecule has 3 nitrogen and oxygen atoms in total. The predicted octanol–water partition coefficient (Wildman–Crippen LogP) is 1.73. The van der Waals surface area contributed by atoms with E-state index in [1.54, 1.807) is 11.3 Å². The van der Waals surface area contributed by atoms with Crippen molar-refractivity contribution >= 4 is 17.2 Å². The van der Waals surface area contributed by atoms with Gasteiger partial charge in [0, 0.05) is 18.0 Å². The Balaban J connectivity index is 2.73. The maximum absolute atomic E-state index is 11.9. The molecule has 1 aromatic heterocycles. The van der Waals surface area contributed by atoms with Gasteiger partial charge in [-0.05, 0) is 38.9 Å². The number of amides is 1. The third kappa shape index (κ3) is 3.04. The fraction of sp³-hybridized carbons (Fsp3) is 0.545. The molecule has 0 unspecified atom stereocenters. The maximum Gasteiger partial charge on any atom is 0.263 e. The molecular formula is C11H18N2OS. The van der Waals surface area contributed by atoms with Crippen molar-refractivity contribution in [2.45, 2.75) is 20.3 Å². The Kier molecular flexibility index (Phi) is 4.78. The Morgan fingerprint density at radius 1 is 1.40 bits per heavy atom. The third-order valence-electron chi connectivity index (χ3n) is 2.31. The van der Waals surface area contributed by atoms with Crippen LogP contribution in [0, 0.1) is 0 Å². The Bertz CT molecular complexity index is 318. The molecule has 84 valence electrons. The Morgan fingerprint density at radius 2 is 2.07 bits per heavy atom. The zero-order valence-corrected chi connectivity index (χ0v) is 10.1. The summed E-state index contributed by atoms with van der Waals surface area (Å²) in [5.41, 5.74) is 5.47. The summed E-state index contributed by atoms with van der Waals surface area (Å²) < 4.78 is 0. The zero-order valence-electron chi connectivity index (χ0n) is 9.32. The first-order valence-corrected chi connectivity index (χ1v) is 6.12. The molecule has 0 spiro atoms. The summed E-state index contributed by atoms with van der Waals surface area (Å²) in [7, 11) is 0. The highest BCUT2D eigenvalue weighted by molar-refractivity contribution is 7.14. The normalized spacial score (nSPS) is 10.3. The number of hydrogen-bond acceptors (Lipinski definition) is 3. The molecule has 0 saturated heterocycles. The molecule has 0 bridgehead atoms. The van der Waals surface area contributed by atoms with Gasteiger partial charge in [0.05, 0.1) is 4.88 Å². The van der Waals surface area contributed by atoms with Crippen molar-refractivity contribution < 1.29 is 4.79 Å². The van der Waals surface area contributed by atoms with Crippen LogP contribution in [0.15, 0.2) is 12.1 Å². The van der Waals surface area contributed by atoms with Crippen LogP contribution < -0.4 is 5.73 Å². The fourth-order valence-electron chi connectivity index (χ4n) is 1.44. The van der Waals surface area contributed by atoms with E-state index in [9.17, 15) is 4.79 Å². The first-order chi connectivity index (χ1) is 7.22. The van der Waals surface area contributed by atoms with Crippen molar-refractivity contribution in [3.05, 3.63) is 21.9 Å². The summed E-state index contributed by atoms with van der Waals surface area (Å²) in [6, 6.07) is 3.89. The van der Waals surface area contributed by atoms with Gasteiger partial charge in [-0.1, -0.05) is 0 Å². The molecular weight excluding hydrogens is 208 g/mol. The molecule has 0 aliphatic carbocycles. The topological polar surface area (TPSA) is 46.3 Å². The van der Waals surface area contributed by atoms with E-state index in [0.717, 1.165) is 24.4 Å². The van der Waals surface area contributed by atoms with Crippen LogP contribution in [0.25, 0.3) is 0 Å². The van der Waals surface area contributed by atoms with Crippen molar-refractivity contribution in [1.29, 1.82) is 0 Å². The van der Waals surface area contributed by atoms with E-state index in [2.05, 4.69) is 0 Å². The van der Waals surface area contributed by atoms with Crippen LogP contribution in [0.1, 0.15) is 28.4 Å². The molecule has 0 fully saturated rings. The van der Waals surface area contributed by atoms with Gasteiger partial charge in [0.2, 0.25) is 0 Å². The predicted molar refractivity (Wildman–Crippen MR) is 64.3 cm³/mol. The minimum absolute atomic E-state index is 0.133. The van der Waals surface area contributed by atoms with E-state index in [4.69, 9.17) is 5.73 Å². The largest absolute Gasteiger partial charge is 0.339 e. The lowest BCUT2D eigenvalue weighted by Crippen LogP contribution is -2.29. The van der Waals surface area contributed by atoms with Gasteiger partial charge in [-0.3, -0.25) is 4.79 Å². The number of rotatable bonds is 5. The average molecular weight is 226 g/mol. The standard InChI is InChI=1S/C11H18N2OS/c1-3-13(4-2)11(14)10-6-5-9(15-10)7-8-12/h5-6H,3-4,7-8,12H2,1-2H3. The van der Waals surface area contributed by atoms with Crippen molar-refractivity contribution in [2.24, 2.45) is 5.73 Å². The molecule has 0 aliphatic heterocycles. The second-order valence-corrected chi connectivity index (χ2v) is 4.45. The summed E-state index contributed by atoms with van der Waals surface area (Å²) in [6.45, 7) is 6.16. The number of nitrogens with two attached hydrogens (primary N) is 1. The minimum atomic E-state index is 0.133. The van der Waals surface area contributed by atoms with Gasteiger partial charge in [-0.25, -0.2) is 0 Å². The van der Waals surface area contributed by atoms with Crippen LogP contribution in [-0.4, -0.2) is 30.4 Å². The van der Waals surface area contributed by atoms with Crippen LogP contribution in [0.4, 0.5) is 0 Å². The van der Waals surface area contributed by atoms with Crippen LogP contribution in [0.2, 0.25) is 0 Å². The van der Waals surface area contributed by atoms with Crippen molar-refractivity contribution in [3.8, 4) is 0 Å². The molecule has 0 atom stereocenters. The van der Waals surface area contributed by atoms with Gasteiger partial charge >= 0.3 is 0 Å². The molecule has 0 radical (unpaired) electrons. The number of thiophene rings is 1. The van der Waals surface area contributed by atoms with Gasteiger partial charge in [0.1, 0.15) is 0 Å². The monoisotopic (exact) mass is 226 g/mol. The van der Waals surface area contributed by atoms with Crippen LogP contribution in [-0.2, 0) is 6.42 Å². The molecule has 1 aromatic rings. The molecule has 1 rings (SSSR count). The number of carbonyl (C=O) groups excluding carboxylic acids is 1. The first-order valence-electron chi connectivity index (χ1n) is 5.31. The maximum atomic E-state index is 11.9. The quantitative estimate of drug-likeness (QED) is 0.831. The van der Waals surface area contributed by atoms with Gasteiger partial charge in [0.25, 0.3) is 5.91 Å². The Morgan fingerprint density at radius 3 is 2.60 bits per heavy atom. The summed E-state index contributed by atoms with van der Waals surface area (Å²) in [4.78, 5) is 15.8. The van der Waals surface area contributed by atoms with Gasteiger partial charge in [-0.2, -0.15) is 0 Å². The zero-order chi connectivity index (χ0) is 11.3. The molecule has 1 heterocycles. The van der Waals surface area contributed by atoms with Crippen LogP contribution in [0.5, 0.6) is 0 Å². The van der Waals surface area contributed by atoms with E-state index in [1.165, 1.54) is 4.88 Å². The van der Waals surface area contributed by atoms with E-state index < -0.39 is 0 Å². The SMILES string of the molecule is CCN(CC)C(=O)c1ccc(CCN)s1. The number of nitrogens with zero attached hydrogens (tertiary/aromatic N) is 1. The van der Waals surface area contributed by atoms with E-state index in [0.29, 0.717) is 6.54 Å². The third-order valence-corrected chi connectivity index (χ3v) is 3.45. The highest BCUT2D eigenvalue weighted by atomic mass is 32.1. The Labute approximate surface area is 94.9 Å². The minimum Gasteiger partial charge on any atom is -0.339 e. The van der Waals surface area contributed by atoms with E-state index in [-0.39, 0.29) is 5.91 Å². The van der Waals surface area contributed by atoms with E-state index in [1.807, 2.05) is 30.9 Å². The van der Waals surface area contributed by atoms with Crippen LogP contribution in [0.3, 0.4) is 0 Å². The molecule has 4 heteroatoms. The lowest BCUT2D eigenvalue weighted by atomic mass is 10.3. The molecule has 0 aromatic carbocycles. The van der Waals surface area contributed by atoms with Gasteiger partial charge < -0.3 is 10.6 Å². The average Bonchev–Trinajstić information content (AvgIpc) is 2.68. The summed E-state index contributed by atoms with van der Waals surface area (Å²) >= 11 is 1.55. The smallest absolute Gasteiger partial charge is 0.263 e. The lowest BCUT2D eigenvalue weighted by molar-refractivity contribution is 0.0778. The van der Waals surface area contributed by atoms with Crippen LogP contribution >= 0.6 is 11.3 Å². The number of carbonyl (C=O) groups is 1. The molecule has 15 heavy (non-hydrogen) atoms. The van der Waals surface area contributed by atoms with Crippen molar-refractivity contribution in [2.75, 3.05) is 19.6 Å². The van der Waals surface area contributed by atoms with Crippen molar-refractivity contribution in [1.82, 2.24) is 4.90 Å². The van der Waals surface area contributed by atoms with E-state index >= 15 is 0 Å². The number of hydrogen-bond donors (Lipinski definition) is 1.